The third-order valence-corrected chi connectivity index (χ3v) is 2.79. The van der Waals surface area contributed by atoms with Gasteiger partial charge >= 0.3 is 5.97 Å². The molecule has 114 valence electrons. The van der Waals surface area contributed by atoms with Crippen molar-refractivity contribution in [2.75, 3.05) is 41.3 Å². The minimum absolute atomic E-state index is 0.0656. The first-order valence-corrected chi connectivity index (χ1v) is 6.68. The Kier molecular flexibility index (Phi) is 8.17. The van der Waals surface area contributed by atoms with Crippen LogP contribution in [0.3, 0.4) is 0 Å². The minimum Gasteiger partial charge on any atom is -0.459 e. The van der Waals surface area contributed by atoms with Gasteiger partial charge in [0, 0.05) is 13.1 Å². The Bertz CT molecular complexity index is 266. The van der Waals surface area contributed by atoms with Gasteiger partial charge in [-0.3, -0.25) is 9.69 Å². The van der Waals surface area contributed by atoms with E-state index in [0.29, 0.717) is 6.54 Å². The van der Waals surface area contributed by atoms with Crippen LogP contribution in [-0.2, 0) is 9.53 Å². The summed E-state index contributed by atoms with van der Waals surface area (Å²) in [5.41, 5.74) is -0.470. The van der Waals surface area contributed by atoms with E-state index in [1.54, 1.807) is 0 Å². The molecule has 0 aromatic carbocycles. The van der Waals surface area contributed by atoms with Crippen LogP contribution in [0, 0.1) is 0 Å². The van der Waals surface area contributed by atoms with Crippen molar-refractivity contribution in [3.63, 3.8) is 0 Å². The first-order chi connectivity index (χ1) is 8.76. The van der Waals surface area contributed by atoms with Gasteiger partial charge < -0.3 is 20.7 Å². The van der Waals surface area contributed by atoms with Crippen molar-refractivity contribution in [3.8, 4) is 0 Å². The van der Waals surface area contributed by atoms with Gasteiger partial charge in [-0.1, -0.05) is 0 Å². The smallest absolute Gasteiger partial charge is 0.325 e. The van der Waals surface area contributed by atoms with Gasteiger partial charge in [-0.05, 0) is 49.0 Å². The number of rotatable bonds is 8. The molecule has 2 unspecified atom stereocenters. The van der Waals surface area contributed by atoms with Gasteiger partial charge in [-0.25, -0.2) is 0 Å². The lowest BCUT2D eigenvalue weighted by Gasteiger charge is -2.35. The summed E-state index contributed by atoms with van der Waals surface area (Å²) < 4.78 is 5.48. The van der Waals surface area contributed by atoms with Crippen molar-refractivity contribution in [3.05, 3.63) is 0 Å². The van der Waals surface area contributed by atoms with Gasteiger partial charge in [0.1, 0.15) is 11.6 Å². The normalized spacial score (nSPS) is 15.4. The Morgan fingerprint density at radius 3 is 2.05 bits per heavy atom. The molecule has 0 aromatic rings. The molecule has 0 bridgehead atoms. The Labute approximate surface area is 117 Å². The van der Waals surface area contributed by atoms with Crippen molar-refractivity contribution < 1.29 is 9.53 Å². The molecule has 0 fully saturated rings. The standard InChI is InChI=1S/C13H30N4O2/c1-13(2,3)19-12(18)10(8-14-4)17(7)11(16-6)9-15-5/h10-11,14-16H,8-9H2,1-7H3. The summed E-state index contributed by atoms with van der Waals surface area (Å²) >= 11 is 0. The summed E-state index contributed by atoms with van der Waals surface area (Å²) in [5, 5.41) is 9.34. The molecule has 0 saturated carbocycles. The van der Waals surface area contributed by atoms with Crippen LogP contribution in [0.1, 0.15) is 20.8 Å². The molecule has 0 aliphatic carbocycles. The number of ether oxygens (including phenoxy) is 1. The number of esters is 1. The van der Waals surface area contributed by atoms with E-state index in [-0.39, 0.29) is 18.2 Å². The number of carbonyl (C=O) groups excluding carboxylic acids is 1. The van der Waals surface area contributed by atoms with Gasteiger partial charge in [0.15, 0.2) is 0 Å². The number of hydrogen-bond acceptors (Lipinski definition) is 6. The molecule has 0 amide bonds. The van der Waals surface area contributed by atoms with E-state index < -0.39 is 5.60 Å². The summed E-state index contributed by atoms with van der Waals surface area (Å²) in [6, 6.07) is -0.324. The molecule has 0 rings (SSSR count). The zero-order valence-electron chi connectivity index (χ0n) is 13.3. The van der Waals surface area contributed by atoms with Crippen LogP contribution >= 0.6 is 0 Å². The largest absolute Gasteiger partial charge is 0.459 e. The van der Waals surface area contributed by atoms with E-state index in [4.69, 9.17) is 4.74 Å². The zero-order valence-corrected chi connectivity index (χ0v) is 13.3. The lowest BCUT2D eigenvalue weighted by molar-refractivity contribution is -0.161. The van der Waals surface area contributed by atoms with Crippen molar-refractivity contribution in [1.82, 2.24) is 20.9 Å². The monoisotopic (exact) mass is 274 g/mol. The molecular weight excluding hydrogens is 244 g/mol. The van der Waals surface area contributed by atoms with E-state index in [2.05, 4.69) is 16.0 Å². The Morgan fingerprint density at radius 1 is 1.16 bits per heavy atom. The second-order valence-electron chi connectivity index (χ2n) is 5.63. The molecule has 0 aliphatic heterocycles. The van der Waals surface area contributed by atoms with E-state index >= 15 is 0 Å². The fourth-order valence-electron chi connectivity index (χ4n) is 1.82. The van der Waals surface area contributed by atoms with Crippen LogP contribution in [0.5, 0.6) is 0 Å². The van der Waals surface area contributed by atoms with Crippen molar-refractivity contribution in [1.29, 1.82) is 0 Å². The molecule has 0 spiro atoms. The average Bonchev–Trinajstić information content (AvgIpc) is 2.29. The first-order valence-electron chi connectivity index (χ1n) is 6.68. The number of nitrogens with one attached hydrogen (secondary N) is 3. The molecule has 0 heterocycles. The predicted octanol–water partition coefficient (Wildman–Crippen LogP) is -0.387. The third-order valence-electron chi connectivity index (χ3n) is 2.79. The van der Waals surface area contributed by atoms with Crippen LogP contribution in [0.25, 0.3) is 0 Å². The maximum Gasteiger partial charge on any atom is 0.325 e. The fourth-order valence-corrected chi connectivity index (χ4v) is 1.82. The maximum absolute atomic E-state index is 12.3. The van der Waals surface area contributed by atoms with Crippen LogP contribution < -0.4 is 16.0 Å². The number of nitrogens with zero attached hydrogens (tertiary/aromatic N) is 1. The van der Waals surface area contributed by atoms with Crippen LogP contribution in [0.15, 0.2) is 0 Å². The molecular formula is C13H30N4O2. The molecule has 6 nitrogen and oxygen atoms in total. The molecule has 2 atom stereocenters. The summed E-state index contributed by atoms with van der Waals surface area (Å²) in [6.07, 6.45) is 0.0656. The first kappa shape index (κ1) is 18.3. The predicted molar refractivity (Wildman–Crippen MR) is 78.1 cm³/mol. The van der Waals surface area contributed by atoms with Crippen molar-refractivity contribution >= 4 is 5.97 Å². The fraction of sp³-hybridized carbons (Fsp3) is 0.923. The third kappa shape index (κ3) is 6.87. The lowest BCUT2D eigenvalue weighted by atomic mass is 10.1. The minimum atomic E-state index is -0.470. The highest BCUT2D eigenvalue weighted by molar-refractivity contribution is 5.76. The van der Waals surface area contributed by atoms with Crippen molar-refractivity contribution in [2.45, 2.75) is 38.6 Å². The van der Waals surface area contributed by atoms with Gasteiger partial charge in [-0.2, -0.15) is 0 Å². The van der Waals surface area contributed by atoms with Gasteiger partial charge in [0.2, 0.25) is 0 Å². The van der Waals surface area contributed by atoms with Crippen LogP contribution in [0.2, 0.25) is 0 Å². The highest BCUT2D eigenvalue weighted by atomic mass is 16.6. The van der Waals surface area contributed by atoms with Crippen LogP contribution in [0.4, 0.5) is 0 Å². The molecule has 19 heavy (non-hydrogen) atoms. The van der Waals surface area contributed by atoms with E-state index in [1.165, 1.54) is 0 Å². The quantitative estimate of drug-likeness (QED) is 0.414. The summed E-state index contributed by atoms with van der Waals surface area (Å²) in [4.78, 5) is 14.2. The number of hydrogen-bond donors (Lipinski definition) is 3. The molecule has 0 aliphatic rings. The highest BCUT2D eigenvalue weighted by Crippen LogP contribution is 2.11. The maximum atomic E-state index is 12.3. The molecule has 0 saturated heterocycles. The molecule has 0 aromatic heterocycles. The SMILES string of the molecule is CNCC(NC)N(C)C(CNC)C(=O)OC(C)(C)C. The Morgan fingerprint density at radius 2 is 1.68 bits per heavy atom. The second-order valence-corrected chi connectivity index (χ2v) is 5.63. The number of carbonyl (C=O) groups is 1. The average molecular weight is 274 g/mol. The topological polar surface area (TPSA) is 65.6 Å². The Hall–Kier alpha value is -0.690. The highest BCUT2D eigenvalue weighted by Gasteiger charge is 2.31. The van der Waals surface area contributed by atoms with E-state index in [0.717, 1.165) is 6.54 Å². The molecule has 6 heteroatoms. The second kappa shape index (κ2) is 8.47. The molecule has 3 N–H and O–H groups in total. The Balaban J connectivity index is 4.82. The lowest BCUT2D eigenvalue weighted by Crippen LogP contribution is -2.57. The summed E-state index contributed by atoms with van der Waals surface area (Å²) in [7, 11) is 7.52. The van der Waals surface area contributed by atoms with E-state index in [9.17, 15) is 4.79 Å². The van der Waals surface area contributed by atoms with Gasteiger partial charge in [0.05, 0.1) is 6.17 Å². The van der Waals surface area contributed by atoms with E-state index in [1.807, 2.05) is 53.9 Å². The summed E-state index contributed by atoms with van der Waals surface area (Å²) in [6.45, 7) is 6.93. The van der Waals surface area contributed by atoms with Crippen molar-refractivity contribution in [2.24, 2.45) is 0 Å². The van der Waals surface area contributed by atoms with Crippen LogP contribution in [-0.4, -0.2) is 70.0 Å². The van der Waals surface area contributed by atoms with Gasteiger partial charge in [-0.15, -0.1) is 0 Å². The number of likely N-dealkylation sites (N-methyl/N-ethyl adjacent to an activating group) is 4. The molecule has 0 radical (unpaired) electrons. The van der Waals surface area contributed by atoms with Gasteiger partial charge in [0.25, 0.3) is 0 Å². The summed E-state index contributed by atoms with van der Waals surface area (Å²) in [5.74, 6) is -0.208. The zero-order chi connectivity index (χ0) is 15.1.